The topological polar surface area (TPSA) is 62.7 Å². The van der Waals surface area contributed by atoms with Crippen molar-refractivity contribution in [2.45, 2.75) is 19.9 Å². The van der Waals surface area contributed by atoms with Gasteiger partial charge in [0.25, 0.3) is 0 Å². The van der Waals surface area contributed by atoms with Gasteiger partial charge in [-0.1, -0.05) is 19.1 Å². The molecule has 0 unspecified atom stereocenters. The minimum Gasteiger partial charge on any atom is -0.363 e. The van der Waals surface area contributed by atoms with E-state index in [1.807, 2.05) is 35.8 Å². The molecular formula is C15H17N5S. The molecule has 0 spiro atoms. The standard InChI is InChI=1S/C15H17N5S/c1-2-7-17-15-19-12-6-4-3-5-11(12)14(20-15)18-10-13-16-8-9-21-13/h3-6,8-9H,2,7,10H2,1H3,(H2,17,18,19,20). The molecule has 5 nitrogen and oxygen atoms in total. The quantitative estimate of drug-likeness (QED) is 0.729. The lowest BCUT2D eigenvalue weighted by molar-refractivity contribution is 0.955. The summed E-state index contributed by atoms with van der Waals surface area (Å²) in [6.07, 6.45) is 2.85. The maximum absolute atomic E-state index is 4.58. The summed E-state index contributed by atoms with van der Waals surface area (Å²) >= 11 is 1.63. The lowest BCUT2D eigenvalue weighted by Gasteiger charge is -2.10. The molecule has 0 amide bonds. The number of hydrogen-bond acceptors (Lipinski definition) is 6. The van der Waals surface area contributed by atoms with E-state index >= 15 is 0 Å². The van der Waals surface area contributed by atoms with Crippen molar-refractivity contribution in [2.75, 3.05) is 17.2 Å². The zero-order valence-electron chi connectivity index (χ0n) is 11.8. The van der Waals surface area contributed by atoms with Crippen molar-refractivity contribution in [1.29, 1.82) is 0 Å². The van der Waals surface area contributed by atoms with Crippen LogP contribution in [0.15, 0.2) is 35.8 Å². The average molecular weight is 299 g/mol. The molecule has 0 aliphatic heterocycles. The van der Waals surface area contributed by atoms with Crippen molar-refractivity contribution in [2.24, 2.45) is 0 Å². The molecule has 0 bridgehead atoms. The third-order valence-corrected chi connectivity index (χ3v) is 3.81. The largest absolute Gasteiger partial charge is 0.363 e. The van der Waals surface area contributed by atoms with Crippen molar-refractivity contribution < 1.29 is 0 Å². The molecule has 108 valence electrons. The van der Waals surface area contributed by atoms with Gasteiger partial charge < -0.3 is 10.6 Å². The fraction of sp³-hybridized carbons (Fsp3) is 0.267. The number of aromatic nitrogens is 3. The minimum atomic E-state index is 0.664. The average Bonchev–Trinajstić information content (AvgIpc) is 3.04. The van der Waals surface area contributed by atoms with Crippen LogP contribution >= 0.6 is 11.3 Å². The summed E-state index contributed by atoms with van der Waals surface area (Å²) < 4.78 is 0. The second kappa shape index (κ2) is 6.49. The van der Waals surface area contributed by atoms with Crippen molar-refractivity contribution in [3.63, 3.8) is 0 Å². The Morgan fingerprint density at radius 2 is 2.05 bits per heavy atom. The number of fused-ring (bicyclic) bond motifs is 1. The number of para-hydroxylation sites is 1. The van der Waals surface area contributed by atoms with Crippen LogP contribution in [0.3, 0.4) is 0 Å². The van der Waals surface area contributed by atoms with Gasteiger partial charge in [-0.25, -0.2) is 9.97 Å². The molecule has 0 fully saturated rings. The summed E-state index contributed by atoms with van der Waals surface area (Å²) in [6.45, 7) is 3.66. The minimum absolute atomic E-state index is 0.664. The fourth-order valence-electron chi connectivity index (χ4n) is 2.03. The van der Waals surface area contributed by atoms with Gasteiger partial charge in [0.2, 0.25) is 5.95 Å². The van der Waals surface area contributed by atoms with Gasteiger partial charge in [0, 0.05) is 23.5 Å². The Kier molecular flexibility index (Phi) is 4.25. The highest BCUT2D eigenvalue weighted by molar-refractivity contribution is 7.09. The molecule has 0 aliphatic rings. The van der Waals surface area contributed by atoms with Gasteiger partial charge in [-0.2, -0.15) is 4.98 Å². The number of rotatable bonds is 6. The third kappa shape index (κ3) is 3.28. The van der Waals surface area contributed by atoms with Gasteiger partial charge in [0.15, 0.2) is 0 Å². The number of anilines is 2. The predicted molar refractivity (Wildman–Crippen MR) is 87.8 cm³/mol. The first-order valence-electron chi connectivity index (χ1n) is 6.99. The highest BCUT2D eigenvalue weighted by Gasteiger charge is 2.07. The Labute approximate surface area is 127 Å². The first-order valence-corrected chi connectivity index (χ1v) is 7.87. The normalized spacial score (nSPS) is 10.7. The number of nitrogens with one attached hydrogen (secondary N) is 2. The molecule has 1 aromatic carbocycles. The van der Waals surface area contributed by atoms with E-state index in [-0.39, 0.29) is 0 Å². The van der Waals surface area contributed by atoms with Gasteiger partial charge in [-0.3, -0.25) is 0 Å². The molecule has 0 radical (unpaired) electrons. The first kappa shape index (κ1) is 13.8. The third-order valence-electron chi connectivity index (χ3n) is 3.03. The van der Waals surface area contributed by atoms with Crippen molar-refractivity contribution >= 4 is 34.0 Å². The molecule has 3 rings (SSSR count). The second-order valence-electron chi connectivity index (χ2n) is 4.62. The van der Waals surface area contributed by atoms with Gasteiger partial charge in [0.1, 0.15) is 10.8 Å². The smallest absolute Gasteiger partial charge is 0.225 e. The van der Waals surface area contributed by atoms with E-state index in [9.17, 15) is 0 Å². The Hall–Kier alpha value is -2.21. The lowest BCUT2D eigenvalue weighted by atomic mass is 10.2. The van der Waals surface area contributed by atoms with E-state index in [0.29, 0.717) is 12.5 Å². The zero-order valence-corrected chi connectivity index (χ0v) is 12.7. The van der Waals surface area contributed by atoms with E-state index in [1.54, 1.807) is 11.3 Å². The van der Waals surface area contributed by atoms with Crippen LogP contribution in [0.2, 0.25) is 0 Å². The van der Waals surface area contributed by atoms with Crippen molar-refractivity contribution in [1.82, 2.24) is 15.0 Å². The second-order valence-corrected chi connectivity index (χ2v) is 5.60. The molecule has 21 heavy (non-hydrogen) atoms. The molecule has 0 atom stereocenters. The van der Waals surface area contributed by atoms with Crippen LogP contribution < -0.4 is 10.6 Å². The molecule has 0 saturated carbocycles. The Balaban J connectivity index is 1.90. The van der Waals surface area contributed by atoms with Gasteiger partial charge >= 0.3 is 0 Å². The maximum atomic E-state index is 4.58. The van der Waals surface area contributed by atoms with Gasteiger partial charge in [-0.15, -0.1) is 11.3 Å². The maximum Gasteiger partial charge on any atom is 0.225 e. The fourth-order valence-corrected chi connectivity index (χ4v) is 2.58. The highest BCUT2D eigenvalue weighted by atomic mass is 32.1. The van der Waals surface area contributed by atoms with Crippen LogP contribution in [0.25, 0.3) is 10.9 Å². The Bertz CT molecular complexity index is 711. The van der Waals surface area contributed by atoms with E-state index < -0.39 is 0 Å². The van der Waals surface area contributed by atoms with Crippen molar-refractivity contribution in [3.8, 4) is 0 Å². The number of benzene rings is 1. The van der Waals surface area contributed by atoms with Crippen LogP contribution in [-0.2, 0) is 6.54 Å². The monoisotopic (exact) mass is 299 g/mol. The number of thiazole rings is 1. The van der Waals surface area contributed by atoms with E-state index in [0.717, 1.165) is 34.7 Å². The van der Waals surface area contributed by atoms with Crippen LogP contribution in [0.1, 0.15) is 18.4 Å². The Morgan fingerprint density at radius 3 is 2.86 bits per heavy atom. The highest BCUT2D eigenvalue weighted by Crippen LogP contribution is 2.22. The van der Waals surface area contributed by atoms with Crippen molar-refractivity contribution in [3.05, 3.63) is 40.8 Å². The number of hydrogen-bond donors (Lipinski definition) is 2. The van der Waals surface area contributed by atoms with Crippen LogP contribution in [0.5, 0.6) is 0 Å². The summed E-state index contributed by atoms with van der Waals surface area (Å²) in [4.78, 5) is 13.4. The summed E-state index contributed by atoms with van der Waals surface area (Å²) in [7, 11) is 0. The molecule has 2 N–H and O–H groups in total. The lowest BCUT2D eigenvalue weighted by Crippen LogP contribution is -2.08. The van der Waals surface area contributed by atoms with Crippen LogP contribution in [0.4, 0.5) is 11.8 Å². The first-order chi connectivity index (χ1) is 10.4. The molecule has 6 heteroatoms. The summed E-state index contributed by atoms with van der Waals surface area (Å²) in [5.74, 6) is 1.51. The van der Waals surface area contributed by atoms with E-state index in [1.165, 1.54) is 0 Å². The predicted octanol–water partition coefficient (Wildman–Crippen LogP) is 3.52. The Morgan fingerprint density at radius 1 is 1.14 bits per heavy atom. The molecular weight excluding hydrogens is 282 g/mol. The van der Waals surface area contributed by atoms with Crippen LogP contribution in [-0.4, -0.2) is 21.5 Å². The summed E-state index contributed by atoms with van der Waals surface area (Å²) in [6, 6.07) is 8.02. The molecule has 3 aromatic rings. The van der Waals surface area contributed by atoms with Gasteiger partial charge in [-0.05, 0) is 18.6 Å². The molecule has 0 saturated heterocycles. The number of nitrogens with zero attached hydrogens (tertiary/aromatic N) is 3. The zero-order chi connectivity index (χ0) is 14.5. The summed E-state index contributed by atoms with van der Waals surface area (Å²) in [5.41, 5.74) is 0.938. The molecule has 2 aromatic heterocycles. The summed E-state index contributed by atoms with van der Waals surface area (Å²) in [5, 5.41) is 10.7. The van der Waals surface area contributed by atoms with E-state index in [2.05, 4.69) is 32.5 Å². The SMILES string of the molecule is CCCNc1nc(NCc2nccs2)c2ccccc2n1. The van der Waals surface area contributed by atoms with Crippen LogP contribution in [0, 0.1) is 0 Å². The van der Waals surface area contributed by atoms with Gasteiger partial charge in [0.05, 0.1) is 12.1 Å². The molecule has 2 heterocycles. The molecule has 0 aliphatic carbocycles. The van der Waals surface area contributed by atoms with E-state index in [4.69, 9.17) is 0 Å².